The standard InChI is InChI=1S/C28H28ClN3O2S/c1-4-17-5-11-20(12-6-17)31-24(34)16-35-27-21(15-30)25(18-7-9-19(29)10-8-18)26-22(32-27)13-28(2,3)14-23(26)33/h5-12,25,32H,4,13-14,16H2,1-3H3,(H,31,34). The third-order valence-corrected chi connectivity index (χ3v) is 7.59. The van der Waals surface area contributed by atoms with E-state index in [9.17, 15) is 14.9 Å². The number of nitrogens with one attached hydrogen (secondary N) is 2. The van der Waals surface area contributed by atoms with E-state index in [1.807, 2.05) is 36.4 Å². The first-order valence-electron chi connectivity index (χ1n) is 11.7. The fourth-order valence-corrected chi connectivity index (χ4v) is 5.63. The maximum atomic E-state index is 13.3. The first kappa shape index (κ1) is 25.1. The summed E-state index contributed by atoms with van der Waals surface area (Å²) in [4.78, 5) is 25.9. The van der Waals surface area contributed by atoms with Crippen LogP contribution in [-0.4, -0.2) is 17.4 Å². The number of rotatable bonds is 6. The number of thioether (sulfide) groups is 1. The lowest BCUT2D eigenvalue weighted by molar-refractivity contribution is -0.118. The van der Waals surface area contributed by atoms with Crippen LogP contribution in [0.3, 0.4) is 0 Å². The summed E-state index contributed by atoms with van der Waals surface area (Å²) in [6, 6.07) is 17.4. The summed E-state index contributed by atoms with van der Waals surface area (Å²) in [6.45, 7) is 6.23. The molecule has 2 N–H and O–H groups in total. The molecule has 2 aromatic rings. The Bertz CT molecular complexity index is 1250. The van der Waals surface area contributed by atoms with Crippen LogP contribution in [0.15, 0.2) is 70.4 Å². The van der Waals surface area contributed by atoms with Crippen LogP contribution in [0.4, 0.5) is 5.69 Å². The number of allylic oxidation sites excluding steroid dienone is 3. The highest BCUT2D eigenvalue weighted by Crippen LogP contribution is 2.47. The second-order valence-electron chi connectivity index (χ2n) is 9.68. The molecule has 0 radical (unpaired) electrons. The van der Waals surface area contributed by atoms with Gasteiger partial charge in [0.25, 0.3) is 0 Å². The lowest BCUT2D eigenvalue weighted by Gasteiger charge is -2.39. The number of nitrogens with zero attached hydrogens (tertiary/aromatic N) is 1. The minimum absolute atomic E-state index is 0.0498. The van der Waals surface area contributed by atoms with Crippen LogP contribution in [0.2, 0.25) is 5.02 Å². The summed E-state index contributed by atoms with van der Waals surface area (Å²) < 4.78 is 0. The molecule has 2 aromatic carbocycles. The molecule has 1 unspecified atom stereocenters. The van der Waals surface area contributed by atoms with Crippen molar-refractivity contribution in [3.63, 3.8) is 0 Å². The quantitative estimate of drug-likeness (QED) is 0.478. The van der Waals surface area contributed by atoms with Gasteiger partial charge >= 0.3 is 0 Å². The van der Waals surface area contributed by atoms with Gasteiger partial charge in [0, 0.05) is 28.4 Å². The fourth-order valence-electron chi connectivity index (χ4n) is 4.64. The molecule has 180 valence electrons. The lowest BCUT2D eigenvalue weighted by atomic mass is 9.69. The van der Waals surface area contributed by atoms with Crippen LogP contribution < -0.4 is 10.6 Å². The van der Waals surface area contributed by atoms with Crippen molar-refractivity contribution in [2.75, 3.05) is 11.1 Å². The Kier molecular flexibility index (Phi) is 7.39. The smallest absolute Gasteiger partial charge is 0.234 e. The molecule has 0 saturated carbocycles. The van der Waals surface area contributed by atoms with Gasteiger partial charge < -0.3 is 10.6 Å². The van der Waals surface area contributed by atoms with Gasteiger partial charge in [0.15, 0.2) is 5.78 Å². The number of amides is 1. The van der Waals surface area contributed by atoms with Crippen LogP contribution >= 0.6 is 23.4 Å². The Morgan fingerprint density at radius 1 is 1.17 bits per heavy atom. The Labute approximate surface area is 215 Å². The molecule has 7 heteroatoms. The van der Waals surface area contributed by atoms with Crippen LogP contribution in [0.5, 0.6) is 0 Å². The zero-order valence-electron chi connectivity index (χ0n) is 20.1. The van der Waals surface area contributed by atoms with Gasteiger partial charge in [-0.15, -0.1) is 0 Å². The van der Waals surface area contributed by atoms with E-state index in [1.165, 1.54) is 17.3 Å². The maximum Gasteiger partial charge on any atom is 0.234 e. The van der Waals surface area contributed by atoms with Gasteiger partial charge in [0.1, 0.15) is 0 Å². The van der Waals surface area contributed by atoms with E-state index in [0.717, 1.165) is 23.4 Å². The molecule has 1 amide bonds. The molecule has 5 nitrogen and oxygen atoms in total. The first-order chi connectivity index (χ1) is 16.7. The van der Waals surface area contributed by atoms with Crippen molar-refractivity contribution in [2.45, 2.75) is 46.0 Å². The van der Waals surface area contributed by atoms with Crippen molar-refractivity contribution in [2.24, 2.45) is 5.41 Å². The number of anilines is 1. The van der Waals surface area contributed by atoms with Gasteiger partial charge in [-0.25, -0.2) is 0 Å². The Hall–Kier alpha value is -3.01. The van der Waals surface area contributed by atoms with Crippen molar-refractivity contribution in [1.29, 1.82) is 5.26 Å². The number of hydrogen-bond acceptors (Lipinski definition) is 5. The number of nitriles is 1. The lowest BCUT2D eigenvalue weighted by Crippen LogP contribution is -2.37. The number of aryl methyl sites for hydroxylation is 1. The van der Waals surface area contributed by atoms with E-state index in [4.69, 9.17) is 11.6 Å². The highest BCUT2D eigenvalue weighted by Gasteiger charge is 2.41. The average molecular weight is 506 g/mol. The normalized spacial score (nSPS) is 19.1. The molecule has 4 rings (SSSR count). The Morgan fingerprint density at radius 3 is 2.49 bits per heavy atom. The fraction of sp³-hybridized carbons (Fsp3) is 0.321. The number of dihydropyridines is 1. The SMILES string of the molecule is CCc1ccc(NC(=O)CSC2=C(C#N)C(c3ccc(Cl)cc3)C3=C(CC(C)(C)CC3=O)N2)cc1. The van der Waals surface area contributed by atoms with Crippen molar-refractivity contribution in [3.8, 4) is 6.07 Å². The highest BCUT2D eigenvalue weighted by atomic mass is 35.5. The Balaban J connectivity index is 1.61. The summed E-state index contributed by atoms with van der Waals surface area (Å²) in [5.74, 6) is -0.456. The molecule has 0 saturated heterocycles. The van der Waals surface area contributed by atoms with E-state index < -0.39 is 5.92 Å². The molecule has 1 heterocycles. The number of carbonyl (C=O) groups is 2. The number of halogens is 1. The average Bonchev–Trinajstić information content (AvgIpc) is 2.82. The van der Waals surface area contributed by atoms with Crippen molar-refractivity contribution in [1.82, 2.24) is 5.32 Å². The van der Waals surface area contributed by atoms with E-state index in [1.54, 1.807) is 12.1 Å². The third kappa shape index (κ3) is 5.63. The van der Waals surface area contributed by atoms with E-state index in [2.05, 4.69) is 37.5 Å². The van der Waals surface area contributed by atoms with Gasteiger partial charge in [-0.2, -0.15) is 5.26 Å². The van der Waals surface area contributed by atoms with Gasteiger partial charge in [-0.1, -0.05) is 68.4 Å². The summed E-state index contributed by atoms with van der Waals surface area (Å²) in [6.07, 6.45) is 2.06. The molecule has 1 aliphatic carbocycles. The minimum Gasteiger partial charge on any atom is -0.352 e. The highest BCUT2D eigenvalue weighted by molar-refractivity contribution is 8.03. The van der Waals surface area contributed by atoms with Crippen molar-refractivity contribution in [3.05, 3.63) is 86.6 Å². The molecular formula is C28H28ClN3O2S. The minimum atomic E-state index is -0.482. The molecule has 35 heavy (non-hydrogen) atoms. The summed E-state index contributed by atoms with van der Waals surface area (Å²) in [5.41, 5.74) is 4.53. The third-order valence-electron chi connectivity index (χ3n) is 6.32. The second-order valence-corrected chi connectivity index (χ2v) is 11.1. The zero-order chi connectivity index (χ0) is 25.2. The zero-order valence-corrected chi connectivity index (χ0v) is 21.6. The van der Waals surface area contributed by atoms with E-state index in [0.29, 0.717) is 34.0 Å². The van der Waals surface area contributed by atoms with Crippen LogP contribution in [0.25, 0.3) is 0 Å². The molecule has 0 fully saturated rings. The summed E-state index contributed by atoms with van der Waals surface area (Å²) in [5, 5.41) is 17.6. The monoisotopic (exact) mass is 505 g/mol. The molecule has 0 spiro atoms. The number of hydrogen-bond donors (Lipinski definition) is 2. The van der Waals surface area contributed by atoms with Crippen molar-refractivity contribution < 1.29 is 9.59 Å². The van der Waals surface area contributed by atoms with Gasteiger partial charge in [0.2, 0.25) is 5.91 Å². The van der Waals surface area contributed by atoms with Gasteiger partial charge in [0.05, 0.1) is 28.3 Å². The number of carbonyl (C=O) groups excluding carboxylic acids is 2. The second kappa shape index (κ2) is 10.3. The Morgan fingerprint density at radius 2 is 1.86 bits per heavy atom. The summed E-state index contributed by atoms with van der Waals surface area (Å²) >= 11 is 7.39. The predicted molar refractivity (Wildman–Crippen MR) is 142 cm³/mol. The van der Waals surface area contributed by atoms with Crippen LogP contribution in [-0.2, 0) is 16.0 Å². The first-order valence-corrected chi connectivity index (χ1v) is 13.0. The largest absolute Gasteiger partial charge is 0.352 e. The molecule has 1 aliphatic heterocycles. The van der Waals surface area contributed by atoms with Crippen LogP contribution in [0, 0.1) is 16.7 Å². The number of ketones is 1. The molecule has 0 aromatic heterocycles. The van der Waals surface area contributed by atoms with E-state index >= 15 is 0 Å². The molecule has 2 aliphatic rings. The molecule has 0 bridgehead atoms. The topological polar surface area (TPSA) is 82.0 Å². The van der Waals surface area contributed by atoms with Crippen molar-refractivity contribution >= 4 is 40.7 Å². The van der Waals surface area contributed by atoms with Gasteiger partial charge in [-0.3, -0.25) is 9.59 Å². The number of Topliss-reactive ketones (excluding diaryl/α,β-unsaturated/α-hetero) is 1. The predicted octanol–water partition coefficient (Wildman–Crippen LogP) is 6.34. The summed E-state index contributed by atoms with van der Waals surface area (Å²) in [7, 11) is 0. The molecular weight excluding hydrogens is 478 g/mol. The van der Waals surface area contributed by atoms with Gasteiger partial charge in [-0.05, 0) is 53.6 Å². The number of benzene rings is 2. The van der Waals surface area contributed by atoms with Crippen LogP contribution in [0.1, 0.15) is 50.7 Å². The van der Waals surface area contributed by atoms with E-state index in [-0.39, 0.29) is 22.9 Å². The molecule has 1 atom stereocenters. The maximum absolute atomic E-state index is 13.3.